The maximum atomic E-state index is 12.2. The lowest BCUT2D eigenvalue weighted by Crippen LogP contribution is -2.32. The molecule has 27 heavy (non-hydrogen) atoms. The first kappa shape index (κ1) is 20.4. The van der Waals surface area contributed by atoms with Crippen LogP contribution in [0.4, 0.5) is 5.69 Å². The molecule has 0 aromatic heterocycles. The van der Waals surface area contributed by atoms with Gasteiger partial charge in [0.2, 0.25) is 15.9 Å². The zero-order chi connectivity index (χ0) is 19.9. The van der Waals surface area contributed by atoms with E-state index in [0.717, 1.165) is 0 Å². The molecular formula is C18H20N2O6S. The van der Waals surface area contributed by atoms with Gasteiger partial charge in [-0.2, -0.15) is 0 Å². The third kappa shape index (κ3) is 5.80. The zero-order valence-electron chi connectivity index (χ0n) is 14.9. The molecule has 144 valence electrons. The van der Waals surface area contributed by atoms with Crippen molar-refractivity contribution in [3.05, 3.63) is 54.1 Å². The Hall–Kier alpha value is -2.91. The molecule has 0 bridgehead atoms. The SMILES string of the molecule is CCOc1ccc(S(=O)(=O)NCC(=O)Nc2ccc(C(=O)OC)cc2)cc1. The van der Waals surface area contributed by atoms with Gasteiger partial charge in [0.25, 0.3) is 0 Å². The minimum Gasteiger partial charge on any atom is -0.494 e. The van der Waals surface area contributed by atoms with E-state index in [1.165, 1.54) is 43.5 Å². The van der Waals surface area contributed by atoms with Crippen molar-refractivity contribution in [1.29, 1.82) is 0 Å². The predicted molar refractivity (Wildman–Crippen MR) is 99.2 cm³/mol. The van der Waals surface area contributed by atoms with Crippen LogP contribution in [0.3, 0.4) is 0 Å². The molecule has 0 aliphatic rings. The first-order valence-corrected chi connectivity index (χ1v) is 9.55. The molecule has 2 rings (SSSR count). The highest BCUT2D eigenvalue weighted by molar-refractivity contribution is 7.89. The normalized spacial score (nSPS) is 10.9. The zero-order valence-corrected chi connectivity index (χ0v) is 15.7. The standard InChI is InChI=1S/C18H20N2O6S/c1-3-26-15-8-10-16(11-9-15)27(23,24)19-12-17(21)20-14-6-4-13(5-7-14)18(22)25-2/h4-11,19H,3,12H2,1-2H3,(H,20,21). The third-order valence-corrected chi connectivity index (χ3v) is 4.87. The number of hydrogen-bond acceptors (Lipinski definition) is 6. The number of hydrogen-bond donors (Lipinski definition) is 2. The van der Waals surface area contributed by atoms with Gasteiger partial charge in [-0.25, -0.2) is 17.9 Å². The van der Waals surface area contributed by atoms with Gasteiger partial charge in [-0.05, 0) is 55.5 Å². The number of nitrogens with one attached hydrogen (secondary N) is 2. The molecule has 2 N–H and O–H groups in total. The molecule has 2 aromatic carbocycles. The minimum absolute atomic E-state index is 0.0289. The summed E-state index contributed by atoms with van der Waals surface area (Å²) in [5.41, 5.74) is 0.764. The van der Waals surface area contributed by atoms with Crippen molar-refractivity contribution in [1.82, 2.24) is 4.72 Å². The first-order valence-electron chi connectivity index (χ1n) is 8.06. The molecule has 0 fully saturated rings. The number of benzene rings is 2. The fraction of sp³-hybridized carbons (Fsp3) is 0.222. The number of anilines is 1. The molecule has 0 saturated carbocycles. The van der Waals surface area contributed by atoms with Gasteiger partial charge in [0.15, 0.2) is 0 Å². The third-order valence-electron chi connectivity index (χ3n) is 3.46. The molecule has 0 unspecified atom stereocenters. The minimum atomic E-state index is -3.83. The smallest absolute Gasteiger partial charge is 0.337 e. The largest absolute Gasteiger partial charge is 0.494 e. The maximum absolute atomic E-state index is 12.2. The second-order valence-electron chi connectivity index (χ2n) is 5.35. The van der Waals surface area contributed by atoms with Crippen molar-refractivity contribution < 1.29 is 27.5 Å². The van der Waals surface area contributed by atoms with Crippen LogP contribution in [0.15, 0.2) is 53.4 Å². The summed E-state index contributed by atoms with van der Waals surface area (Å²) in [7, 11) is -2.56. The predicted octanol–water partition coefficient (Wildman–Crippen LogP) is 1.79. The Morgan fingerprint density at radius 3 is 2.19 bits per heavy atom. The van der Waals surface area contributed by atoms with Crippen LogP contribution in [0.5, 0.6) is 5.75 Å². The van der Waals surface area contributed by atoms with Crippen LogP contribution >= 0.6 is 0 Å². The van der Waals surface area contributed by atoms with E-state index in [4.69, 9.17) is 4.74 Å². The molecule has 0 heterocycles. The van der Waals surface area contributed by atoms with Crippen molar-refractivity contribution in [3.63, 3.8) is 0 Å². The Morgan fingerprint density at radius 2 is 1.63 bits per heavy atom. The fourth-order valence-corrected chi connectivity index (χ4v) is 3.12. The number of esters is 1. The summed E-state index contributed by atoms with van der Waals surface area (Å²) in [6.07, 6.45) is 0. The Kier molecular flexibility index (Phi) is 6.91. The highest BCUT2D eigenvalue weighted by Gasteiger charge is 2.16. The highest BCUT2D eigenvalue weighted by atomic mass is 32.2. The lowest BCUT2D eigenvalue weighted by Gasteiger charge is -2.09. The lowest BCUT2D eigenvalue weighted by atomic mass is 10.2. The fourth-order valence-electron chi connectivity index (χ4n) is 2.14. The molecule has 0 radical (unpaired) electrons. The van der Waals surface area contributed by atoms with Crippen molar-refractivity contribution in [2.75, 3.05) is 25.6 Å². The van der Waals surface area contributed by atoms with Crippen LogP contribution in [0.1, 0.15) is 17.3 Å². The summed E-state index contributed by atoms with van der Waals surface area (Å²) >= 11 is 0. The first-order chi connectivity index (χ1) is 12.9. The van der Waals surface area contributed by atoms with E-state index < -0.39 is 28.4 Å². The second kappa shape index (κ2) is 9.15. The summed E-state index contributed by atoms with van der Waals surface area (Å²) in [6, 6.07) is 11.9. The molecule has 9 heteroatoms. The van der Waals surface area contributed by atoms with Crippen LogP contribution in [-0.2, 0) is 19.6 Å². The van der Waals surface area contributed by atoms with E-state index in [-0.39, 0.29) is 4.90 Å². The monoisotopic (exact) mass is 392 g/mol. The molecule has 2 aromatic rings. The van der Waals surface area contributed by atoms with Gasteiger partial charge in [0.05, 0.1) is 30.7 Å². The Labute approximate surface area is 157 Å². The maximum Gasteiger partial charge on any atom is 0.337 e. The van der Waals surface area contributed by atoms with Gasteiger partial charge in [0.1, 0.15) is 5.75 Å². The Morgan fingerprint density at radius 1 is 1.00 bits per heavy atom. The average Bonchev–Trinajstić information content (AvgIpc) is 2.67. The molecular weight excluding hydrogens is 372 g/mol. The molecule has 0 atom stereocenters. The van der Waals surface area contributed by atoms with Crippen LogP contribution in [-0.4, -0.2) is 40.6 Å². The van der Waals surface area contributed by atoms with E-state index in [9.17, 15) is 18.0 Å². The summed E-state index contributed by atoms with van der Waals surface area (Å²) in [6.45, 7) is 1.87. The van der Waals surface area contributed by atoms with E-state index in [1.54, 1.807) is 12.1 Å². The number of amides is 1. The summed E-state index contributed by atoms with van der Waals surface area (Å²) in [5, 5.41) is 2.54. The topological polar surface area (TPSA) is 111 Å². The molecule has 0 aliphatic carbocycles. The van der Waals surface area contributed by atoms with E-state index in [2.05, 4.69) is 14.8 Å². The molecule has 0 spiro atoms. The average molecular weight is 392 g/mol. The van der Waals surface area contributed by atoms with Gasteiger partial charge < -0.3 is 14.8 Å². The van der Waals surface area contributed by atoms with Gasteiger partial charge in [-0.15, -0.1) is 0 Å². The quantitative estimate of drug-likeness (QED) is 0.663. The number of sulfonamides is 1. The van der Waals surface area contributed by atoms with Gasteiger partial charge in [-0.3, -0.25) is 4.79 Å². The Balaban J connectivity index is 1.92. The molecule has 1 amide bonds. The summed E-state index contributed by atoms with van der Waals surface area (Å²) in [5.74, 6) is -0.476. The van der Waals surface area contributed by atoms with E-state index >= 15 is 0 Å². The number of carbonyl (C=O) groups excluding carboxylic acids is 2. The second-order valence-corrected chi connectivity index (χ2v) is 7.11. The van der Waals surface area contributed by atoms with Crippen molar-refractivity contribution in [2.24, 2.45) is 0 Å². The summed E-state index contributed by atoms with van der Waals surface area (Å²) in [4.78, 5) is 23.3. The van der Waals surface area contributed by atoms with Gasteiger partial charge >= 0.3 is 5.97 Å². The number of rotatable bonds is 8. The molecule has 0 saturated heterocycles. The van der Waals surface area contributed by atoms with E-state index in [0.29, 0.717) is 23.6 Å². The van der Waals surface area contributed by atoms with Crippen molar-refractivity contribution in [2.45, 2.75) is 11.8 Å². The summed E-state index contributed by atoms with van der Waals surface area (Å²) < 4.78 is 36.5. The number of carbonyl (C=O) groups is 2. The van der Waals surface area contributed by atoms with Gasteiger partial charge in [-0.1, -0.05) is 0 Å². The van der Waals surface area contributed by atoms with Crippen molar-refractivity contribution in [3.8, 4) is 5.75 Å². The Bertz CT molecular complexity index is 892. The van der Waals surface area contributed by atoms with Crippen molar-refractivity contribution >= 4 is 27.6 Å². The number of ether oxygens (including phenoxy) is 2. The van der Waals surface area contributed by atoms with Gasteiger partial charge in [0, 0.05) is 5.69 Å². The lowest BCUT2D eigenvalue weighted by molar-refractivity contribution is -0.115. The van der Waals surface area contributed by atoms with Crippen LogP contribution in [0, 0.1) is 0 Å². The van der Waals surface area contributed by atoms with Crippen LogP contribution < -0.4 is 14.8 Å². The van der Waals surface area contributed by atoms with Crippen LogP contribution in [0.25, 0.3) is 0 Å². The molecule has 0 aliphatic heterocycles. The number of methoxy groups -OCH3 is 1. The molecule has 8 nitrogen and oxygen atoms in total. The highest BCUT2D eigenvalue weighted by Crippen LogP contribution is 2.16. The van der Waals surface area contributed by atoms with Crippen LogP contribution in [0.2, 0.25) is 0 Å². The van der Waals surface area contributed by atoms with E-state index in [1.807, 2.05) is 6.92 Å².